The van der Waals surface area contributed by atoms with Crippen LogP contribution in [0.15, 0.2) is 48.5 Å². The minimum Gasteiger partial charge on any atom is -0.324 e. The summed E-state index contributed by atoms with van der Waals surface area (Å²) in [7, 11) is 0. The van der Waals surface area contributed by atoms with E-state index in [-0.39, 0.29) is 22.5 Å². The molecule has 2 N–H and O–H groups in total. The molecule has 34 heavy (non-hydrogen) atoms. The number of anilines is 2. The minimum atomic E-state index is -4.49. The van der Waals surface area contributed by atoms with Crippen LogP contribution in [0.3, 0.4) is 0 Å². The van der Waals surface area contributed by atoms with Gasteiger partial charge < -0.3 is 15.5 Å². The number of halogens is 3. The van der Waals surface area contributed by atoms with Gasteiger partial charge in [0.05, 0.1) is 5.56 Å². The predicted octanol–water partition coefficient (Wildman–Crippen LogP) is 5.53. The standard InChI is InChI=1S/C23H22F3N5O2S/c1-14-6-2-3-10-18(14)28-19(32)21-30-29-20(34-21)15-7-5-11-31(13-15)22(33)27-17-9-4-8-16(12-17)23(24,25)26/h2-4,6,8-10,12,15H,5,7,11,13H2,1H3,(H,27,33)(H,28,32)/t15-/m0/s1. The van der Waals surface area contributed by atoms with Crippen molar-refractivity contribution in [2.75, 3.05) is 23.7 Å². The molecule has 1 fully saturated rings. The second-order valence-electron chi connectivity index (χ2n) is 8.01. The van der Waals surface area contributed by atoms with Crippen LogP contribution in [0.2, 0.25) is 0 Å². The summed E-state index contributed by atoms with van der Waals surface area (Å²) < 4.78 is 38.8. The van der Waals surface area contributed by atoms with Crippen LogP contribution in [0.1, 0.15) is 44.7 Å². The molecule has 3 amide bonds. The monoisotopic (exact) mass is 489 g/mol. The summed E-state index contributed by atoms with van der Waals surface area (Å²) in [5.41, 5.74) is 0.870. The van der Waals surface area contributed by atoms with Crippen molar-refractivity contribution in [1.29, 1.82) is 0 Å². The van der Waals surface area contributed by atoms with Crippen molar-refractivity contribution in [1.82, 2.24) is 15.1 Å². The van der Waals surface area contributed by atoms with Gasteiger partial charge in [0.15, 0.2) is 0 Å². The number of hydrogen-bond donors (Lipinski definition) is 2. The Balaban J connectivity index is 1.39. The Morgan fingerprint density at radius 2 is 1.88 bits per heavy atom. The number of piperidine rings is 1. The van der Waals surface area contributed by atoms with E-state index in [1.165, 1.54) is 23.5 Å². The average Bonchev–Trinajstić information content (AvgIpc) is 3.31. The van der Waals surface area contributed by atoms with Gasteiger partial charge in [-0.25, -0.2) is 4.79 Å². The van der Waals surface area contributed by atoms with Crippen molar-refractivity contribution in [2.45, 2.75) is 31.9 Å². The maximum absolute atomic E-state index is 12.9. The van der Waals surface area contributed by atoms with Crippen LogP contribution in [0, 0.1) is 6.92 Å². The second kappa shape index (κ2) is 9.80. The predicted molar refractivity (Wildman–Crippen MR) is 123 cm³/mol. The van der Waals surface area contributed by atoms with Gasteiger partial charge in [-0.3, -0.25) is 4.79 Å². The first kappa shape index (κ1) is 23.7. The van der Waals surface area contributed by atoms with Crippen molar-refractivity contribution in [3.8, 4) is 0 Å². The zero-order chi connectivity index (χ0) is 24.3. The van der Waals surface area contributed by atoms with Crippen LogP contribution in [-0.2, 0) is 6.18 Å². The van der Waals surface area contributed by atoms with Crippen molar-refractivity contribution in [2.24, 2.45) is 0 Å². The maximum atomic E-state index is 12.9. The van der Waals surface area contributed by atoms with Crippen LogP contribution in [0.5, 0.6) is 0 Å². The number of carbonyl (C=O) groups excluding carboxylic acids is 2. The molecule has 1 saturated heterocycles. The molecule has 2 heterocycles. The molecule has 0 saturated carbocycles. The van der Waals surface area contributed by atoms with Crippen LogP contribution in [-0.4, -0.2) is 40.1 Å². The first-order valence-electron chi connectivity index (χ1n) is 10.6. The summed E-state index contributed by atoms with van der Waals surface area (Å²) in [5.74, 6) is -0.466. The molecule has 0 bridgehead atoms. The fourth-order valence-electron chi connectivity index (χ4n) is 3.72. The van der Waals surface area contributed by atoms with E-state index in [9.17, 15) is 22.8 Å². The Morgan fingerprint density at radius 3 is 2.65 bits per heavy atom. The Labute approximate surface area is 198 Å². The summed E-state index contributed by atoms with van der Waals surface area (Å²) in [6.45, 7) is 2.70. The van der Waals surface area contributed by atoms with Crippen LogP contribution < -0.4 is 10.6 Å². The Kier molecular flexibility index (Phi) is 6.82. The Bertz CT molecular complexity index is 1200. The normalized spacial score (nSPS) is 16.2. The number of aryl methyl sites for hydroxylation is 1. The van der Waals surface area contributed by atoms with E-state index in [0.717, 1.165) is 24.1 Å². The van der Waals surface area contributed by atoms with Gasteiger partial charge in [-0.15, -0.1) is 10.2 Å². The third kappa shape index (κ3) is 5.53. The molecule has 0 radical (unpaired) electrons. The second-order valence-corrected chi connectivity index (χ2v) is 9.02. The van der Waals surface area contributed by atoms with Crippen LogP contribution >= 0.6 is 11.3 Å². The molecule has 7 nitrogen and oxygen atoms in total. The summed E-state index contributed by atoms with van der Waals surface area (Å²) >= 11 is 1.18. The van der Waals surface area contributed by atoms with E-state index in [4.69, 9.17) is 0 Å². The molecule has 178 valence electrons. The Morgan fingerprint density at radius 1 is 1.09 bits per heavy atom. The molecule has 1 aliphatic heterocycles. The first-order chi connectivity index (χ1) is 16.2. The number of aromatic nitrogens is 2. The smallest absolute Gasteiger partial charge is 0.324 e. The summed E-state index contributed by atoms with van der Waals surface area (Å²) in [6, 6.07) is 11.4. The molecule has 4 rings (SSSR count). The largest absolute Gasteiger partial charge is 0.416 e. The number of likely N-dealkylation sites (tertiary alicyclic amines) is 1. The number of amides is 3. The fourth-order valence-corrected chi connectivity index (χ4v) is 4.58. The molecule has 0 aliphatic carbocycles. The van der Waals surface area contributed by atoms with Crippen LogP contribution in [0.4, 0.5) is 29.3 Å². The Hall–Kier alpha value is -3.47. The lowest BCUT2D eigenvalue weighted by Gasteiger charge is -2.31. The summed E-state index contributed by atoms with van der Waals surface area (Å²) in [4.78, 5) is 26.8. The SMILES string of the molecule is Cc1ccccc1NC(=O)c1nnc([C@H]2CCCN(C(=O)Nc3cccc(C(F)(F)F)c3)C2)s1. The van der Waals surface area contributed by atoms with Crippen molar-refractivity contribution in [3.05, 3.63) is 69.7 Å². The van der Waals surface area contributed by atoms with E-state index in [2.05, 4.69) is 20.8 Å². The van der Waals surface area contributed by atoms with Gasteiger partial charge in [-0.1, -0.05) is 35.6 Å². The molecule has 1 aromatic heterocycles. The van der Waals surface area contributed by atoms with Crippen molar-refractivity contribution in [3.63, 3.8) is 0 Å². The average molecular weight is 490 g/mol. The number of rotatable bonds is 4. The van der Waals surface area contributed by atoms with Gasteiger partial charge in [0.25, 0.3) is 5.91 Å². The number of nitrogens with zero attached hydrogens (tertiary/aromatic N) is 3. The zero-order valence-electron chi connectivity index (χ0n) is 18.2. The number of nitrogens with one attached hydrogen (secondary N) is 2. The fraction of sp³-hybridized carbons (Fsp3) is 0.304. The summed E-state index contributed by atoms with van der Waals surface area (Å²) in [5, 5.41) is 14.4. The first-order valence-corrected chi connectivity index (χ1v) is 11.5. The third-order valence-electron chi connectivity index (χ3n) is 5.53. The highest BCUT2D eigenvalue weighted by molar-refractivity contribution is 7.13. The molecular weight excluding hydrogens is 467 g/mol. The molecule has 0 spiro atoms. The number of hydrogen-bond acceptors (Lipinski definition) is 5. The lowest BCUT2D eigenvalue weighted by molar-refractivity contribution is -0.137. The lowest BCUT2D eigenvalue weighted by Crippen LogP contribution is -2.41. The van der Waals surface area contributed by atoms with Gasteiger partial charge in [-0.05, 0) is 49.6 Å². The van der Waals surface area contributed by atoms with E-state index in [1.807, 2.05) is 25.1 Å². The maximum Gasteiger partial charge on any atom is 0.416 e. The topological polar surface area (TPSA) is 87.2 Å². The van der Waals surface area contributed by atoms with E-state index in [0.29, 0.717) is 30.2 Å². The highest BCUT2D eigenvalue weighted by Gasteiger charge is 2.31. The minimum absolute atomic E-state index is 0.0769. The number of carbonyl (C=O) groups is 2. The van der Waals surface area contributed by atoms with E-state index < -0.39 is 17.8 Å². The molecule has 0 unspecified atom stereocenters. The highest BCUT2D eigenvalue weighted by Crippen LogP contribution is 2.32. The number of alkyl halides is 3. The molecule has 2 aromatic carbocycles. The van der Waals surface area contributed by atoms with Gasteiger partial charge >= 0.3 is 12.2 Å². The third-order valence-corrected chi connectivity index (χ3v) is 6.61. The highest BCUT2D eigenvalue weighted by atomic mass is 32.1. The van der Waals surface area contributed by atoms with E-state index >= 15 is 0 Å². The van der Waals surface area contributed by atoms with Gasteiger partial charge in [0.2, 0.25) is 5.01 Å². The summed E-state index contributed by atoms with van der Waals surface area (Å²) in [6.07, 6.45) is -3.02. The molecular formula is C23H22F3N5O2S. The molecule has 3 aromatic rings. The van der Waals surface area contributed by atoms with Crippen molar-refractivity contribution < 1.29 is 22.8 Å². The number of benzene rings is 2. The molecule has 11 heteroatoms. The van der Waals surface area contributed by atoms with Gasteiger partial charge in [0, 0.05) is 30.4 Å². The molecule has 1 atom stereocenters. The lowest BCUT2D eigenvalue weighted by atomic mass is 9.99. The van der Waals surface area contributed by atoms with Crippen LogP contribution in [0.25, 0.3) is 0 Å². The van der Waals surface area contributed by atoms with Gasteiger partial charge in [-0.2, -0.15) is 13.2 Å². The van der Waals surface area contributed by atoms with E-state index in [1.54, 1.807) is 11.0 Å². The number of urea groups is 1. The molecule has 1 aliphatic rings. The zero-order valence-corrected chi connectivity index (χ0v) is 19.0. The quantitative estimate of drug-likeness (QED) is 0.505. The van der Waals surface area contributed by atoms with Gasteiger partial charge in [0.1, 0.15) is 5.01 Å². The number of para-hydroxylation sites is 1. The van der Waals surface area contributed by atoms with Crippen molar-refractivity contribution >= 4 is 34.6 Å².